The summed E-state index contributed by atoms with van der Waals surface area (Å²) < 4.78 is 1.79. The molecule has 0 N–H and O–H groups in total. The molecule has 0 aliphatic carbocycles. The minimum atomic E-state index is -0.250. The van der Waals surface area contributed by atoms with E-state index in [0.717, 1.165) is 17.7 Å². The lowest BCUT2D eigenvalue weighted by Crippen LogP contribution is -2.24. The van der Waals surface area contributed by atoms with Crippen molar-refractivity contribution in [2.24, 2.45) is 5.41 Å². The zero-order valence-corrected chi connectivity index (χ0v) is 9.45. The standard InChI is InChI=1S/C13H16NO/c1-13(2)9-11(14(3)12(13)15)10-7-5-4-6-8-10/h4-8H,9H2,1-3H3/q+1. The molecule has 2 nitrogen and oxygen atoms in total. The van der Waals surface area contributed by atoms with Crippen LogP contribution in [0.15, 0.2) is 30.3 Å². The summed E-state index contributed by atoms with van der Waals surface area (Å²) in [7, 11) is 1.86. The Labute approximate surface area is 90.2 Å². The monoisotopic (exact) mass is 202 g/mol. The van der Waals surface area contributed by atoms with Crippen LogP contribution in [0.25, 0.3) is 0 Å². The molecule has 0 spiro atoms. The van der Waals surface area contributed by atoms with Crippen molar-refractivity contribution in [2.45, 2.75) is 20.3 Å². The first-order valence-electron chi connectivity index (χ1n) is 5.22. The van der Waals surface area contributed by atoms with Crippen LogP contribution in [0, 0.1) is 5.41 Å². The van der Waals surface area contributed by atoms with Gasteiger partial charge in [-0.25, -0.2) is 4.79 Å². The Kier molecular flexibility index (Phi) is 2.22. The summed E-state index contributed by atoms with van der Waals surface area (Å²) >= 11 is 0. The molecule has 1 aliphatic heterocycles. The summed E-state index contributed by atoms with van der Waals surface area (Å²) in [5.74, 6) is 0.210. The van der Waals surface area contributed by atoms with Crippen LogP contribution in [-0.4, -0.2) is 23.2 Å². The molecule has 0 unspecified atom stereocenters. The van der Waals surface area contributed by atoms with Crippen molar-refractivity contribution in [3.8, 4) is 0 Å². The van der Waals surface area contributed by atoms with E-state index >= 15 is 0 Å². The van der Waals surface area contributed by atoms with Gasteiger partial charge >= 0.3 is 5.91 Å². The van der Waals surface area contributed by atoms with Crippen LogP contribution in [0.3, 0.4) is 0 Å². The van der Waals surface area contributed by atoms with E-state index < -0.39 is 0 Å². The SMILES string of the molecule is C[N+]1=C(c2ccccc2)CC(C)(C)C1=O. The highest BCUT2D eigenvalue weighted by Crippen LogP contribution is 2.30. The molecule has 0 aromatic heterocycles. The fourth-order valence-corrected chi connectivity index (χ4v) is 2.12. The van der Waals surface area contributed by atoms with Crippen LogP contribution in [0.4, 0.5) is 0 Å². The molecule has 15 heavy (non-hydrogen) atoms. The molecule has 1 amide bonds. The molecule has 2 rings (SSSR count). The first kappa shape index (κ1) is 10.1. The smallest absolute Gasteiger partial charge is 0.219 e. The maximum absolute atomic E-state index is 11.9. The molecule has 0 saturated heterocycles. The molecule has 0 radical (unpaired) electrons. The van der Waals surface area contributed by atoms with E-state index in [1.807, 2.05) is 39.1 Å². The molecule has 1 aromatic rings. The maximum atomic E-state index is 11.9. The molecule has 1 aromatic carbocycles. The van der Waals surface area contributed by atoms with Crippen molar-refractivity contribution in [1.82, 2.24) is 0 Å². The molecule has 1 aliphatic rings. The van der Waals surface area contributed by atoms with Crippen LogP contribution >= 0.6 is 0 Å². The Morgan fingerprint density at radius 3 is 2.27 bits per heavy atom. The van der Waals surface area contributed by atoms with Gasteiger partial charge < -0.3 is 0 Å². The Morgan fingerprint density at radius 1 is 1.20 bits per heavy atom. The van der Waals surface area contributed by atoms with Crippen LogP contribution < -0.4 is 0 Å². The van der Waals surface area contributed by atoms with E-state index in [-0.39, 0.29) is 11.3 Å². The second kappa shape index (κ2) is 3.30. The van der Waals surface area contributed by atoms with Crippen LogP contribution in [0.5, 0.6) is 0 Å². The molecule has 1 heterocycles. The quantitative estimate of drug-likeness (QED) is 0.638. The zero-order chi connectivity index (χ0) is 11.1. The van der Waals surface area contributed by atoms with Gasteiger partial charge in [0.1, 0.15) is 12.5 Å². The van der Waals surface area contributed by atoms with Crippen LogP contribution in [0.2, 0.25) is 0 Å². The third kappa shape index (κ3) is 1.60. The van der Waals surface area contributed by atoms with Gasteiger partial charge in [0, 0.05) is 5.56 Å². The first-order valence-corrected chi connectivity index (χ1v) is 5.22. The molecule has 0 bridgehead atoms. The second-order valence-electron chi connectivity index (χ2n) is 4.74. The number of carbonyl (C=O) groups is 1. The molecule has 0 fully saturated rings. The molecular formula is C13H16NO+. The highest BCUT2D eigenvalue weighted by Gasteiger charge is 2.46. The predicted molar refractivity (Wildman–Crippen MR) is 60.1 cm³/mol. The Bertz CT molecular complexity index is 429. The van der Waals surface area contributed by atoms with Crippen LogP contribution in [-0.2, 0) is 4.79 Å². The maximum Gasteiger partial charge on any atom is 0.393 e. The van der Waals surface area contributed by atoms with Gasteiger partial charge in [-0.2, -0.15) is 4.58 Å². The van der Waals surface area contributed by atoms with Crippen LogP contribution in [0.1, 0.15) is 25.8 Å². The summed E-state index contributed by atoms with van der Waals surface area (Å²) in [4.78, 5) is 11.9. The van der Waals surface area contributed by atoms with Crippen molar-refractivity contribution in [3.05, 3.63) is 35.9 Å². The summed E-state index contributed by atoms with van der Waals surface area (Å²) in [6.45, 7) is 4.00. The number of benzene rings is 1. The summed E-state index contributed by atoms with van der Waals surface area (Å²) in [5, 5.41) is 0. The number of carbonyl (C=O) groups excluding carboxylic acids is 1. The zero-order valence-electron chi connectivity index (χ0n) is 9.45. The van der Waals surface area contributed by atoms with E-state index in [0.29, 0.717) is 0 Å². The summed E-state index contributed by atoms with van der Waals surface area (Å²) in [6, 6.07) is 10.1. The van der Waals surface area contributed by atoms with E-state index in [1.54, 1.807) is 4.58 Å². The lowest BCUT2D eigenvalue weighted by Gasteiger charge is -2.07. The third-order valence-electron chi connectivity index (χ3n) is 3.00. The summed E-state index contributed by atoms with van der Waals surface area (Å²) in [5.41, 5.74) is 2.03. The highest BCUT2D eigenvalue weighted by molar-refractivity contribution is 6.05. The van der Waals surface area contributed by atoms with Gasteiger partial charge in [-0.3, -0.25) is 0 Å². The largest absolute Gasteiger partial charge is 0.393 e. The van der Waals surface area contributed by atoms with Gasteiger partial charge in [0.25, 0.3) is 0 Å². The van der Waals surface area contributed by atoms with Gasteiger partial charge in [-0.1, -0.05) is 18.2 Å². The minimum Gasteiger partial charge on any atom is -0.219 e. The average Bonchev–Trinajstić information content (AvgIpc) is 2.44. The number of hydrogen-bond acceptors (Lipinski definition) is 1. The Morgan fingerprint density at radius 2 is 1.80 bits per heavy atom. The Balaban J connectivity index is 2.45. The molecule has 0 atom stereocenters. The normalized spacial score (nSPS) is 19.8. The fraction of sp³-hybridized carbons (Fsp3) is 0.385. The van der Waals surface area contributed by atoms with Crippen molar-refractivity contribution in [3.63, 3.8) is 0 Å². The predicted octanol–water partition coefficient (Wildman–Crippen LogP) is 2.07. The molecular weight excluding hydrogens is 186 g/mol. The van der Waals surface area contributed by atoms with Crippen molar-refractivity contribution in [1.29, 1.82) is 0 Å². The number of hydrogen-bond donors (Lipinski definition) is 0. The molecule has 78 valence electrons. The van der Waals surface area contributed by atoms with Gasteiger partial charge in [0.2, 0.25) is 0 Å². The topological polar surface area (TPSA) is 20.1 Å². The number of rotatable bonds is 1. The highest BCUT2D eigenvalue weighted by atomic mass is 16.2. The van der Waals surface area contributed by atoms with E-state index in [2.05, 4.69) is 12.1 Å². The van der Waals surface area contributed by atoms with Gasteiger partial charge in [-0.15, -0.1) is 0 Å². The molecule has 0 saturated carbocycles. The van der Waals surface area contributed by atoms with Crippen molar-refractivity contribution < 1.29 is 9.37 Å². The van der Waals surface area contributed by atoms with Gasteiger partial charge in [-0.05, 0) is 26.0 Å². The minimum absolute atomic E-state index is 0.210. The summed E-state index contributed by atoms with van der Waals surface area (Å²) in [6.07, 6.45) is 0.826. The third-order valence-corrected chi connectivity index (χ3v) is 3.00. The van der Waals surface area contributed by atoms with Crippen molar-refractivity contribution in [2.75, 3.05) is 7.05 Å². The van der Waals surface area contributed by atoms with E-state index in [1.165, 1.54) is 0 Å². The van der Waals surface area contributed by atoms with E-state index in [4.69, 9.17) is 0 Å². The van der Waals surface area contributed by atoms with Crippen molar-refractivity contribution >= 4 is 11.6 Å². The van der Waals surface area contributed by atoms with E-state index in [9.17, 15) is 4.79 Å². The second-order valence-corrected chi connectivity index (χ2v) is 4.74. The van der Waals surface area contributed by atoms with Gasteiger partial charge in [0.15, 0.2) is 5.71 Å². The number of amides is 1. The number of nitrogens with zero attached hydrogens (tertiary/aromatic N) is 1. The molecule has 2 heteroatoms. The first-order chi connectivity index (χ1) is 7.02. The Hall–Kier alpha value is -1.44. The lowest BCUT2D eigenvalue weighted by molar-refractivity contribution is -0.417. The fourth-order valence-electron chi connectivity index (χ4n) is 2.12. The lowest BCUT2D eigenvalue weighted by atomic mass is 9.88. The average molecular weight is 202 g/mol. The van der Waals surface area contributed by atoms with Gasteiger partial charge in [0.05, 0.1) is 6.42 Å².